The summed E-state index contributed by atoms with van der Waals surface area (Å²) in [5.74, 6) is -1.05. The number of aromatic nitrogens is 3. The molecule has 2 aromatic rings. The van der Waals surface area contributed by atoms with Gasteiger partial charge in [0, 0.05) is 31.4 Å². The van der Waals surface area contributed by atoms with Crippen molar-refractivity contribution < 1.29 is 14.7 Å². The molecule has 0 aliphatic carbocycles. The Balaban J connectivity index is 2.31. The maximum atomic E-state index is 12.6. The van der Waals surface area contributed by atoms with Gasteiger partial charge in [0.05, 0.1) is 5.69 Å². The lowest BCUT2D eigenvalue weighted by atomic mass is 10.2. The predicted molar refractivity (Wildman–Crippen MR) is 81.0 cm³/mol. The molecule has 1 N–H and O–H groups in total. The van der Waals surface area contributed by atoms with E-state index in [4.69, 9.17) is 5.11 Å². The van der Waals surface area contributed by atoms with E-state index in [1.54, 1.807) is 18.5 Å². The molecule has 22 heavy (non-hydrogen) atoms. The molecule has 0 aliphatic rings. The van der Waals surface area contributed by atoms with E-state index in [1.165, 1.54) is 4.90 Å². The minimum atomic E-state index is -0.860. The van der Waals surface area contributed by atoms with Crippen molar-refractivity contribution in [3.63, 3.8) is 0 Å². The first-order chi connectivity index (χ1) is 10.3. The number of carboxylic acid groups (broad SMARTS) is 1. The Morgan fingerprint density at radius 2 is 2.00 bits per heavy atom. The minimum absolute atomic E-state index is 0.0435. The maximum Gasteiger partial charge on any atom is 0.303 e. The zero-order chi connectivity index (χ0) is 16.4. The lowest BCUT2D eigenvalue weighted by molar-refractivity contribution is -0.137. The summed E-state index contributed by atoms with van der Waals surface area (Å²) in [7, 11) is 1.66. The van der Waals surface area contributed by atoms with Crippen LogP contribution in [0.5, 0.6) is 0 Å². The highest BCUT2D eigenvalue weighted by atomic mass is 16.4. The van der Waals surface area contributed by atoms with Gasteiger partial charge in [-0.2, -0.15) is 5.10 Å². The van der Waals surface area contributed by atoms with Crippen LogP contribution >= 0.6 is 0 Å². The third-order valence-corrected chi connectivity index (χ3v) is 3.51. The Hall–Kier alpha value is -2.44. The van der Waals surface area contributed by atoms with Crippen molar-refractivity contribution in [1.29, 1.82) is 0 Å². The zero-order valence-electron chi connectivity index (χ0n) is 13.3. The van der Waals surface area contributed by atoms with Crippen molar-refractivity contribution in [3.8, 4) is 0 Å². The van der Waals surface area contributed by atoms with Gasteiger partial charge in [0.15, 0.2) is 5.65 Å². The Morgan fingerprint density at radius 3 is 2.64 bits per heavy atom. The maximum absolute atomic E-state index is 12.6. The first-order valence-electron chi connectivity index (χ1n) is 7.12. The second kappa shape index (κ2) is 6.13. The highest BCUT2D eigenvalue weighted by Gasteiger charge is 2.22. The SMILES string of the molecule is Cc1cc(C)n2nc(C)c(C(=O)N(C)CCCC(=O)O)c2n1. The van der Waals surface area contributed by atoms with Crippen LogP contribution in [0.4, 0.5) is 0 Å². The summed E-state index contributed by atoms with van der Waals surface area (Å²) in [6.45, 7) is 5.95. The fourth-order valence-corrected chi connectivity index (χ4v) is 2.44. The van der Waals surface area contributed by atoms with Crippen molar-refractivity contribution in [3.05, 3.63) is 28.7 Å². The molecule has 0 bridgehead atoms. The number of carboxylic acids is 1. The van der Waals surface area contributed by atoms with E-state index < -0.39 is 5.97 Å². The highest BCUT2D eigenvalue weighted by molar-refractivity contribution is 6.00. The molecule has 2 heterocycles. The average Bonchev–Trinajstić information content (AvgIpc) is 2.74. The smallest absolute Gasteiger partial charge is 0.303 e. The van der Waals surface area contributed by atoms with Crippen LogP contribution in [0.15, 0.2) is 6.07 Å². The van der Waals surface area contributed by atoms with Crippen molar-refractivity contribution in [2.24, 2.45) is 0 Å². The van der Waals surface area contributed by atoms with E-state index in [2.05, 4.69) is 10.1 Å². The van der Waals surface area contributed by atoms with Gasteiger partial charge in [0.2, 0.25) is 0 Å². The fourth-order valence-electron chi connectivity index (χ4n) is 2.44. The number of nitrogens with zero attached hydrogens (tertiary/aromatic N) is 4. The summed E-state index contributed by atoms with van der Waals surface area (Å²) < 4.78 is 1.67. The summed E-state index contributed by atoms with van der Waals surface area (Å²) in [5, 5.41) is 13.0. The molecule has 0 unspecified atom stereocenters. The molecule has 0 atom stereocenters. The standard InChI is InChI=1S/C15H20N4O3/c1-9-8-10(2)19-14(16-9)13(11(3)17-19)15(22)18(4)7-5-6-12(20)21/h8H,5-7H2,1-4H3,(H,20,21). The molecule has 0 saturated heterocycles. The number of rotatable bonds is 5. The van der Waals surface area contributed by atoms with Crippen LogP contribution in [0.2, 0.25) is 0 Å². The molecule has 0 radical (unpaired) electrons. The van der Waals surface area contributed by atoms with E-state index in [0.29, 0.717) is 29.9 Å². The van der Waals surface area contributed by atoms with E-state index in [1.807, 2.05) is 19.9 Å². The normalized spacial score (nSPS) is 10.9. The van der Waals surface area contributed by atoms with Gasteiger partial charge in [-0.3, -0.25) is 9.59 Å². The third kappa shape index (κ3) is 3.08. The Labute approximate surface area is 128 Å². The van der Waals surface area contributed by atoms with Crippen molar-refractivity contribution in [1.82, 2.24) is 19.5 Å². The number of hydrogen-bond donors (Lipinski definition) is 1. The van der Waals surface area contributed by atoms with Gasteiger partial charge in [-0.1, -0.05) is 0 Å². The Kier molecular flexibility index (Phi) is 4.44. The van der Waals surface area contributed by atoms with Gasteiger partial charge < -0.3 is 10.0 Å². The molecule has 7 heteroatoms. The van der Waals surface area contributed by atoms with Crippen molar-refractivity contribution >= 4 is 17.5 Å². The Bertz CT molecular complexity index is 736. The summed E-state index contributed by atoms with van der Waals surface area (Å²) in [6, 6.07) is 1.91. The van der Waals surface area contributed by atoms with Crippen LogP contribution in [-0.4, -0.2) is 50.1 Å². The van der Waals surface area contributed by atoms with E-state index in [-0.39, 0.29) is 12.3 Å². The van der Waals surface area contributed by atoms with Gasteiger partial charge in [-0.25, -0.2) is 9.50 Å². The highest BCUT2D eigenvalue weighted by Crippen LogP contribution is 2.18. The molecule has 0 aliphatic heterocycles. The summed E-state index contributed by atoms with van der Waals surface area (Å²) in [4.78, 5) is 29.1. The number of carbonyl (C=O) groups is 2. The third-order valence-electron chi connectivity index (χ3n) is 3.51. The van der Waals surface area contributed by atoms with Crippen LogP contribution in [0, 0.1) is 20.8 Å². The number of aryl methyl sites for hydroxylation is 3. The lowest BCUT2D eigenvalue weighted by Crippen LogP contribution is -2.28. The van der Waals surface area contributed by atoms with E-state index in [0.717, 1.165) is 11.4 Å². The largest absolute Gasteiger partial charge is 0.481 e. The first-order valence-corrected chi connectivity index (χ1v) is 7.12. The van der Waals surface area contributed by atoms with Gasteiger partial charge >= 0.3 is 5.97 Å². The van der Waals surface area contributed by atoms with Crippen LogP contribution in [0.3, 0.4) is 0 Å². The molecule has 2 rings (SSSR count). The summed E-state index contributed by atoms with van der Waals surface area (Å²) in [6.07, 6.45) is 0.461. The lowest BCUT2D eigenvalue weighted by Gasteiger charge is -2.16. The molecule has 118 valence electrons. The Morgan fingerprint density at radius 1 is 1.32 bits per heavy atom. The minimum Gasteiger partial charge on any atom is -0.481 e. The molecule has 7 nitrogen and oxygen atoms in total. The molecule has 0 aromatic carbocycles. The number of amides is 1. The van der Waals surface area contributed by atoms with Crippen molar-refractivity contribution in [2.75, 3.05) is 13.6 Å². The van der Waals surface area contributed by atoms with Gasteiger partial charge in [0.25, 0.3) is 5.91 Å². The average molecular weight is 304 g/mol. The van der Waals surface area contributed by atoms with Gasteiger partial charge in [-0.05, 0) is 33.3 Å². The number of fused-ring (bicyclic) bond motifs is 1. The zero-order valence-corrected chi connectivity index (χ0v) is 13.3. The van der Waals surface area contributed by atoms with Gasteiger partial charge in [0.1, 0.15) is 5.56 Å². The van der Waals surface area contributed by atoms with Crippen molar-refractivity contribution in [2.45, 2.75) is 33.6 Å². The predicted octanol–water partition coefficient (Wildman–Crippen LogP) is 1.59. The number of carbonyl (C=O) groups excluding carboxylic acids is 1. The quantitative estimate of drug-likeness (QED) is 0.906. The first kappa shape index (κ1) is 15.9. The topological polar surface area (TPSA) is 87.8 Å². The van der Waals surface area contributed by atoms with E-state index >= 15 is 0 Å². The molecule has 0 spiro atoms. The second-order valence-electron chi connectivity index (χ2n) is 5.46. The summed E-state index contributed by atoms with van der Waals surface area (Å²) >= 11 is 0. The molecular formula is C15H20N4O3. The van der Waals surface area contributed by atoms with Gasteiger partial charge in [-0.15, -0.1) is 0 Å². The monoisotopic (exact) mass is 304 g/mol. The molecule has 0 fully saturated rings. The van der Waals surface area contributed by atoms with Crippen LogP contribution in [0.25, 0.3) is 5.65 Å². The second-order valence-corrected chi connectivity index (χ2v) is 5.46. The van der Waals surface area contributed by atoms with Crippen LogP contribution in [0.1, 0.15) is 40.3 Å². The summed E-state index contributed by atoms with van der Waals surface area (Å²) in [5.41, 5.74) is 3.39. The van der Waals surface area contributed by atoms with Crippen LogP contribution < -0.4 is 0 Å². The number of aliphatic carboxylic acids is 1. The number of hydrogen-bond acceptors (Lipinski definition) is 4. The molecule has 1 amide bonds. The molecule has 0 saturated carbocycles. The molecule has 2 aromatic heterocycles. The fraction of sp³-hybridized carbons (Fsp3) is 0.467. The molecular weight excluding hydrogens is 284 g/mol. The van der Waals surface area contributed by atoms with Crippen LogP contribution in [-0.2, 0) is 4.79 Å². The van der Waals surface area contributed by atoms with E-state index in [9.17, 15) is 9.59 Å².